The lowest BCUT2D eigenvalue weighted by atomic mass is 9.60. The van der Waals surface area contributed by atoms with Crippen LogP contribution in [0.25, 0.3) is 0 Å². The molecule has 0 heterocycles. The van der Waals surface area contributed by atoms with Crippen LogP contribution in [0.2, 0.25) is 0 Å². The number of rotatable bonds is 3. The predicted molar refractivity (Wildman–Crippen MR) is 69.4 cm³/mol. The lowest BCUT2D eigenvalue weighted by Crippen LogP contribution is -2.35. The van der Waals surface area contributed by atoms with Gasteiger partial charge in [0.05, 0.1) is 0 Å². The highest BCUT2D eigenvalue weighted by Gasteiger charge is 2.40. The standard InChI is InChI=1S/C15H26O/c1-7-15(6,8-2)13-11(3)12(16)9-10-14(13,4)5/h7-10H2,1-6H3. The van der Waals surface area contributed by atoms with Gasteiger partial charge >= 0.3 is 0 Å². The summed E-state index contributed by atoms with van der Waals surface area (Å²) in [6.45, 7) is 13.4. The normalized spacial score (nSPS) is 21.5. The molecule has 0 saturated heterocycles. The topological polar surface area (TPSA) is 17.1 Å². The van der Waals surface area contributed by atoms with Crippen molar-refractivity contribution in [1.82, 2.24) is 0 Å². The molecule has 1 aliphatic carbocycles. The third kappa shape index (κ3) is 2.09. The highest BCUT2D eigenvalue weighted by Crippen LogP contribution is 2.50. The van der Waals surface area contributed by atoms with Crippen LogP contribution in [0.5, 0.6) is 0 Å². The molecule has 0 amide bonds. The zero-order valence-electron chi connectivity index (χ0n) is 11.7. The van der Waals surface area contributed by atoms with Crippen LogP contribution >= 0.6 is 0 Å². The second-order valence-corrected chi connectivity index (χ2v) is 6.07. The highest BCUT2D eigenvalue weighted by atomic mass is 16.1. The van der Waals surface area contributed by atoms with E-state index in [1.165, 1.54) is 5.57 Å². The number of hydrogen-bond donors (Lipinski definition) is 0. The van der Waals surface area contributed by atoms with Crippen LogP contribution in [0.1, 0.15) is 67.2 Å². The van der Waals surface area contributed by atoms with Crippen LogP contribution in [0.4, 0.5) is 0 Å². The maximum Gasteiger partial charge on any atom is 0.158 e. The fourth-order valence-corrected chi connectivity index (χ4v) is 3.26. The molecule has 0 aromatic heterocycles. The average molecular weight is 222 g/mol. The van der Waals surface area contributed by atoms with E-state index in [2.05, 4.69) is 34.6 Å². The Hall–Kier alpha value is -0.590. The van der Waals surface area contributed by atoms with Crippen LogP contribution < -0.4 is 0 Å². The minimum absolute atomic E-state index is 0.193. The predicted octanol–water partition coefficient (Wildman–Crippen LogP) is 4.52. The first-order valence-electron chi connectivity index (χ1n) is 6.53. The largest absolute Gasteiger partial charge is 0.295 e. The quantitative estimate of drug-likeness (QED) is 0.686. The monoisotopic (exact) mass is 222 g/mol. The van der Waals surface area contributed by atoms with Crippen LogP contribution in [0.3, 0.4) is 0 Å². The second kappa shape index (κ2) is 4.35. The molecule has 0 saturated carbocycles. The molecule has 1 aliphatic rings. The van der Waals surface area contributed by atoms with E-state index in [0.29, 0.717) is 5.78 Å². The molecule has 92 valence electrons. The number of carbonyl (C=O) groups is 1. The van der Waals surface area contributed by atoms with E-state index in [4.69, 9.17) is 0 Å². The van der Waals surface area contributed by atoms with Gasteiger partial charge < -0.3 is 0 Å². The molecule has 0 unspecified atom stereocenters. The Balaban J connectivity index is 3.34. The van der Waals surface area contributed by atoms with Crippen molar-refractivity contribution in [2.75, 3.05) is 0 Å². The van der Waals surface area contributed by atoms with Crippen molar-refractivity contribution < 1.29 is 4.79 Å². The van der Waals surface area contributed by atoms with Crippen LogP contribution in [0, 0.1) is 10.8 Å². The Kier molecular flexibility index (Phi) is 3.66. The van der Waals surface area contributed by atoms with E-state index in [1.807, 2.05) is 6.92 Å². The molecule has 1 rings (SSSR count). The van der Waals surface area contributed by atoms with Crippen molar-refractivity contribution in [3.8, 4) is 0 Å². The molecule has 0 spiro atoms. The summed E-state index contributed by atoms with van der Waals surface area (Å²) in [5.41, 5.74) is 2.85. The van der Waals surface area contributed by atoms with E-state index in [-0.39, 0.29) is 10.8 Å². The van der Waals surface area contributed by atoms with Crippen molar-refractivity contribution in [3.05, 3.63) is 11.1 Å². The summed E-state index contributed by atoms with van der Waals surface area (Å²) in [5.74, 6) is 0.363. The van der Waals surface area contributed by atoms with Gasteiger partial charge in [-0.05, 0) is 42.6 Å². The lowest BCUT2D eigenvalue weighted by Gasteiger charge is -2.44. The number of hydrogen-bond acceptors (Lipinski definition) is 1. The number of Topliss-reactive ketones (excluding diaryl/α,β-unsaturated/α-hetero) is 1. The SMILES string of the molecule is CCC(C)(CC)C1=C(C)C(=O)CCC1(C)C. The van der Waals surface area contributed by atoms with E-state index in [9.17, 15) is 4.79 Å². The molecule has 0 aromatic carbocycles. The van der Waals surface area contributed by atoms with Gasteiger partial charge in [0.15, 0.2) is 5.78 Å². The highest BCUT2D eigenvalue weighted by molar-refractivity contribution is 5.97. The third-order valence-corrected chi connectivity index (χ3v) is 4.61. The molecule has 0 atom stereocenters. The summed E-state index contributed by atoms with van der Waals surface area (Å²) in [5, 5.41) is 0. The fourth-order valence-electron chi connectivity index (χ4n) is 3.26. The number of ketones is 1. The molecular weight excluding hydrogens is 196 g/mol. The van der Waals surface area contributed by atoms with E-state index >= 15 is 0 Å². The Morgan fingerprint density at radius 2 is 1.75 bits per heavy atom. The Morgan fingerprint density at radius 3 is 2.19 bits per heavy atom. The Labute approximate surface area is 100 Å². The van der Waals surface area contributed by atoms with Gasteiger partial charge in [-0.15, -0.1) is 0 Å². The van der Waals surface area contributed by atoms with E-state index in [0.717, 1.165) is 31.3 Å². The number of allylic oxidation sites excluding steroid dienone is 2. The van der Waals surface area contributed by atoms with Crippen molar-refractivity contribution in [1.29, 1.82) is 0 Å². The molecule has 1 nitrogen and oxygen atoms in total. The van der Waals surface area contributed by atoms with Gasteiger partial charge in [-0.3, -0.25) is 4.79 Å². The lowest BCUT2D eigenvalue weighted by molar-refractivity contribution is -0.117. The van der Waals surface area contributed by atoms with Crippen molar-refractivity contribution in [3.63, 3.8) is 0 Å². The Morgan fingerprint density at radius 1 is 1.25 bits per heavy atom. The van der Waals surface area contributed by atoms with Crippen molar-refractivity contribution >= 4 is 5.78 Å². The molecule has 0 fully saturated rings. The molecule has 16 heavy (non-hydrogen) atoms. The fraction of sp³-hybridized carbons (Fsp3) is 0.800. The summed E-state index contributed by atoms with van der Waals surface area (Å²) >= 11 is 0. The van der Waals surface area contributed by atoms with Gasteiger partial charge in [-0.2, -0.15) is 0 Å². The summed E-state index contributed by atoms with van der Waals surface area (Å²) in [4.78, 5) is 11.9. The zero-order valence-corrected chi connectivity index (χ0v) is 11.7. The van der Waals surface area contributed by atoms with Crippen molar-refractivity contribution in [2.24, 2.45) is 10.8 Å². The summed E-state index contributed by atoms with van der Waals surface area (Å²) in [6.07, 6.45) is 3.97. The van der Waals surface area contributed by atoms with Crippen LogP contribution in [0.15, 0.2) is 11.1 Å². The van der Waals surface area contributed by atoms with Crippen LogP contribution in [-0.4, -0.2) is 5.78 Å². The van der Waals surface area contributed by atoms with Gasteiger partial charge in [0.2, 0.25) is 0 Å². The van der Waals surface area contributed by atoms with Gasteiger partial charge in [0.25, 0.3) is 0 Å². The van der Waals surface area contributed by atoms with Gasteiger partial charge in [-0.25, -0.2) is 0 Å². The maximum atomic E-state index is 11.9. The van der Waals surface area contributed by atoms with Crippen molar-refractivity contribution in [2.45, 2.75) is 67.2 Å². The minimum Gasteiger partial charge on any atom is -0.295 e. The van der Waals surface area contributed by atoms with E-state index < -0.39 is 0 Å². The van der Waals surface area contributed by atoms with Crippen LogP contribution in [-0.2, 0) is 4.79 Å². The van der Waals surface area contributed by atoms with Gasteiger partial charge in [-0.1, -0.05) is 40.2 Å². The molecular formula is C15H26O. The average Bonchev–Trinajstić information content (AvgIpc) is 2.23. The Bertz CT molecular complexity index is 316. The maximum absolute atomic E-state index is 11.9. The minimum atomic E-state index is 0.193. The first-order chi connectivity index (χ1) is 7.28. The number of carbonyl (C=O) groups excluding carboxylic acids is 1. The van der Waals surface area contributed by atoms with Gasteiger partial charge in [0.1, 0.15) is 0 Å². The van der Waals surface area contributed by atoms with E-state index in [1.54, 1.807) is 0 Å². The molecule has 0 N–H and O–H groups in total. The molecule has 0 aliphatic heterocycles. The zero-order chi connectivity index (χ0) is 12.6. The summed E-state index contributed by atoms with van der Waals surface area (Å²) in [7, 11) is 0. The third-order valence-electron chi connectivity index (χ3n) is 4.61. The smallest absolute Gasteiger partial charge is 0.158 e. The molecule has 0 radical (unpaired) electrons. The molecule has 0 bridgehead atoms. The van der Waals surface area contributed by atoms with Gasteiger partial charge in [0, 0.05) is 6.42 Å². The molecule has 0 aromatic rings. The summed E-state index contributed by atoms with van der Waals surface area (Å²) in [6, 6.07) is 0. The first kappa shape index (κ1) is 13.5. The second-order valence-electron chi connectivity index (χ2n) is 6.07. The molecule has 1 heteroatoms. The summed E-state index contributed by atoms with van der Waals surface area (Å²) < 4.78 is 0. The first-order valence-corrected chi connectivity index (χ1v) is 6.53.